The zero-order chi connectivity index (χ0) is 20.5. The average Bonchev–Trinajstić information content (AvgIpc) is 2.91. The number of Topliss-reactive ketones (excluding diaryl/α,β-unsaturated/α-hetero) is 1. The van der Waals surface area contributed by atoms with Crippen LogP contribution in [0.15, 0.2) is 42.0 Å². The van der Waals surface area contributed by atoms with E-state index in [0.29, 0.717) is 0 Å². The minimum atomic E-state index is -1.75. The number of aryl methyl sites for hydroxylation is 1. The zero-order valence-corrected chi connectivity index (χ0v) is 18.5. The van der Waals surface area contributed by atoms with Crippen molar-refractivity contribution in [3.8, 4) is 11.6 Å². The maximum absolute atomic E-state index is 14.0. The first-order valence-electron chi connectivity index (χ1n) is 7.77. The number of carbonyl (C=O) groups is 1. The number of aromatic nitrogens is 2. The molecule has 28 heavy (non-hydrogen) atoms. The van der Waals surface area contributed by atoms with E-state index in [-0.39, 0.29) is 47.1 Å². The fourth-order valence-electron chi connectivity index (χ4n) is 2.37. The summed E-state index contributed by atoms with van der Waals surface area (Å²) in [4.78, 5) is 12.7. The van der Waals surface area contributed by atoms with Gasteiger partial charge in [-0.25, -0.2) is 17.6 Å². The van der Waals surface area contributed by atoms with Gasteiger partial charge in [-0.3, -0.25) is 4.79 Å². The van der Waals surface area contributed by atoms with Crippen molar-refractivity contribution in [1.82, 2.24) is 9.78 Å². The maximum Gasteiger partial charge on any atom is 0.226 e. The Bertz CT molecular complexity index is 984. The van der Waals surface area contributed by atoms with Gasteiger partial charge in [0.2, 0.25) is 5.88 Å². The largest absolute Gasteiger partial charge is 0.493 e. The van der Waals surface area contributed by atoms with Gasteiger partial charge in [-0.15, -0.1) is 0 Å². The van der Waals surface area contributed by atoms with E-state index in [1.165, 1.54) is 19.1 Å². The van der Waals surface area contributed by atoms with Crippen molar-refractivity contribution in [2.45, 2.75) is 20.8 Å². The number of hydrogen-bond donors (Lipinski definition) is 1. The number of ketones is 1. The van der Waals surface area contributed by atoms with Gasteiger partial charge in [0, 0.05) is 31.1 Å². The standard InChI is InChI=1S/C19H16F4N2O2.Zn/c1-5-9(3)7-11(6-2)18(26)14-10(4)24-25(19(14)27)17-15(22)12(20)8-13(21)16(17)23;/h5-8,27H,2H2,1,3-4H3;/b9-5-,11-7+;. The zero-order valence-electron chi connectivity index (χ0n) is 15.5. The van der Waals surface area contributed by atoms with Crippen LogP contribution in [-0.4, -0.2) is 20.7 Å². The molecule has 2 rings (SSSR count). The third-order valence-corrected chi connectivity index (χ3v) is 3.88. The summed E-state index contributed by atoms with van der Waals surface area (Å²) in [5.41, 5.74) is -0.900. The maximum atomic E-state index is 14.0. The van der Waals surface area contributed by atoms with Crippen LogP contribution in [0.2, 0.25) is 0 Å². The summed E-state index contributed by atoms with van der Waals surface area (Å²) in [5, 5.41) is 14.0. The molecule has 0 fully saturated rings. The van der Waals surface area contributed by atoms with Gasteiger partial charge in [0.25, 0.3) is 0 Å². The van der Waals surface area contributed by atoms with E-state index >= 15 is 0 Å². The number of rotatable bonds is 5. The van der Waals surface area contributed by atoms with Gasteiger partial charge in [-0.2, -0.15) is 9.78 Å². The molecule has 0 amide bonds. The van der Waals surface area contributed by atoms with E-state index in [1.807, 2.05) is 0 Å². The predicted molar refractivity (Wildman–Crippen MR) is 91.8 cm³/mol. The molecule has 2 aromatic rings. The molecule has 0 unspecified atom stereocenters. The molecule has 0 aliphatic rings. The Balaban J connectivity index is 0.00000392. The molecule has 0 aliphatic heterocycles. The van der Waals surface area contributed by atoms with Crippen LogP contribution in [0.25, 0.3) is 5.69 Å². The second-order valence-corrected chi connectivity index (χ2v) is 5.68. The van der Waals surface area contributed by atoms with E-state index in [2.05, 4.69) is 11.7 Å². The monoisotopic (exact) mass is 444 g/mol. The summed E-state index contributed by atoms with van der Waals surface area (Å²) in [5.74, 6) is -8.51. The van der Waals surface area contributed by atoms with E-state index < -0.39 is 40.6 Å². The smallest absolute Gasteiger partial charge is 0.226 e. The Morgan fingerprint density at radius 2 is 1.75 bits per heavy atom. The molecule has 0 atom stereocenters. The topological polar surface area (TPSA) is 55.1 Å². The van der Waals surface area contributed by atoms with Crippen molar-refractivity contribution in [2.24, 2.45) is 0 Å². The first-order valence-corrected chi connectivity index (χ1v) is 7.77. The summed E-state index contributed by atoms with van der Waals surface area (Å²) >= 11 is 0. The van der Waals surface area contributed by atoms with Crippen LogP contribution in [0.4, 0.5) is 17.6 Å². The molecule has 4 nitrogen and oxygen atoms in total. The molecule has 1 N–H and O–H groups in total. The molecule has 0 saturated carbocycles. The van der Waals surface area contributed by atoms with Gasteiger partial charge >= 0.3 is 0 Å². The minimum absolute atomic E-state index is 0. The number of nitrogens with zero attached hydrogens (tertiary/aromatic N) is 2. The summed E-state index contributed by atoms with van der Waals surface area (Å²) < 4.78 is 55.2. The second kappa shape index (κ2) is 9.10. The van der Waals surface area contributed by atoms with Crippen molar-refractivity contribution in [3.63, 3.8) is 0 Å². The van der Waals surface area contributed by atoms with Gasteiger partial charge in [-0.1, -0.05) is 24.3 Å². The van der Waals surface area contributed by atoms with Crippen LogP contribution < -0.4 is 0 Å². The SMILES string of the molecule is C=C/C(=C\C(C)=C/C)C(=O)c1c(C)nn(-c2c(F)c(F)cc(F)c2F)c1O.[Zn]. The molecule has 0 saturated heterocycles. The Kier molecular flexibility index (Phi) is 7.64. The van der Waals surface area contributed by atoms with Crippen LogP contribution in [0.3, 0.4) is 0 Å². The van der Waals surface area contributed by atoms with Crippen molar-refractivity contribution in [2.75, 3.05) is 0 Å². The van der Waals surface area contributed by atoms with E-state index in [0.717, 1.165) is 5.57 Å². The molecule has 1 aromatic heterocycles. The summed E-state index contributed by atoms with van der Waals surface area (Å²) in [6.45, 7) is 8.31. The Hall–Kier alpha value is -2.54. The molecule has 0 spiro atoms. The number of aromatic hydroxyl groups is 1. The summed E-state index contributed by atoms with van der Waals surface area (Å²) in [6.07, 6.45) is 4.47. The number of halogens is 4. The van der Waals surface area contributed by atoms with Crippen molar-refractivity contribution >= 4 is 5.78 Å². The first kappa shape index (κ1) is 23.5. The van der Waals surface area contributed by atoms with Crippen molar-refractivity contribution in [3.05, 3.63) is 76.5 Å². The van der Waals surface area contributed by atoms with Gasteiger partial charge in [-0.05, 0) is 26.8 Å². The van der Waals surface area contributed by atoms with E-state index in [1.54, 1.807) is 19.9 Å². The fourth-order valence-corrected chi connectivity index (χ4v) is 2.37. The third-order valence-electron chi connectivity index (χ3n) is 3.88. The summed E-state index contributed by atoms with van der Waals surface area (Å²) in [6, 6.07) is 0.0338. The van der Waals surface area contributed by atoms with Gasteiger partial charge in [0.05, 0.1) is 5.69 Å². The fraction of sp³-hybridized carbons (Fsp3) is 0.158. The molecule has 1 aromatic carbocycles. The second-order valence-electron chi connectivity index (χ2n) is 5.68. The van der Waals surface area contributed by atoms with Crippen molar-refractivity contribution < 1.29 is 46.9 Å². The van der Waals surface area contributed by atoms with Crippen LogP contribution >= 0.6 is 0 Å². The molecule has 144 valence electrons. The number of benzene rings is 1. The molecular weight excluding hydrogens is 430 g/mol. The van der Waals surface area contributed by atoms with Crippen LogP contribution in [-0.2, 0) is 19.5 Å². The summed E-state index contributed by atoms with van der Waals surface area (Å²) in [7, 11) is 0. The van der Waals surface area contributed by atoms with Gasteiger partial charge < -0.3 is 5.11 Å². The molecule has 9 heteroatoms. The molecule has 0 aliphatic carbocycles. The van der Waals surface area contributed by atoms with Crippen LogP contribution in [0.1, 0.15) is 29.9 Å². The molecule has 0 bridgehead atoms. The predicted octanol–water partition coefficient (Wildman–Crippen LogP) is 4.70. The first-order chi connectivity index (χ1) is 12.6. The van der Waals surface area contributed by atoms with Crippen LogP contribution in [0, 0.1) is 30.2 Å². The minimum Gasteiger partial charge on any atom is -0.493 e. The molecule has 1 heterocycles. The number of hydrogen-bond acceptors (Lipinski definition) is 3. The number of carbonyl (C=O) groups excluding carboxylic acids is 1. The van der Waals surface area contributed by atoms with Crippen molar-refractivity contribution in [1.29, 1.82) is 0 Å². The quantitative estimate of drug-likeness (QED) is 0.181. The van der Waals surface area contributed by atoms with E-state index in [9.17, 15) is 27.5 Å². The molecule has 0 radical (unpaired) electrons. The van der Waals surface area contributed by atoms with Crippen LogP contribution in [0.5, 0.6) is 5.88 Å². The normalized spacial score (nSPS) is 12.0. The average molecular weight is 446 g/mol. The Morgan fingerprint density at radius 3 is 2.21 bits per heavy atom. The van der Waals surface area contributed by atoms with Gasteiger partial charge in [0.15, 0.2) is 29.1 Å². The number of allylic oxidation sites excluding steroid dienone is 5. The van der Waals surface area contributed by atoms with Gasteiger partial charge in [0.1, 0.15) is 11.3 Å². The third kappa shape index (κ3) is 4.14. The Morgan fingerprint density at radius 1 is 1.21 bits per heavy atom. The molecular formula is C19H16F4N2O2Zn. The Labute approximate surface area is 171 Å². The van der Waals surface area contributed by atoms with E-state index in [4.69, 9.17) is 0 Å².